The van der Waals surface area contributed by atoms with Crippen LogP contribution in [0.3, 0.4) is 0 Å². The van der Waals surface area contributed by atoms with Crippen molar-refractivity contribution in [1.29, 1.82) is 0 Å². The van der Waals surface area contributed by atoms with E-state index in [-0.39, 0.29) is 19.3 Å². The smallest absolute Gasteiger partial charge is 0.329 e. The molecular weight excluding hydrogens is 357 g/mol. The van der Waals surface area contributed by atoms with Gasteiger partial charge in [0.25, 0.3) is 0 Å². The third-order valence-corrected chi connectivity index (χ3v) is 7.81. The molecule has 6 heteroatoms. The van der Waals surface area contributed by atoms with Crippen molar-refractivity contribution in [2.75, 3.05) is 18.1 Å². The number of halogens is 1. The number of benzene rings is 2. The Labute approximate surface area is 154 Å². The summed E-state index contributed by atoms with van der Waals surface area (Å²) in [7, 11) is -3.56. The highest BCUT2D eigenvalue weighted by Gasteiger charge is 2.75. The Bertz CT molecular complexity index is 775. The maximum Gasteiger partial charge on any atom is 0.373 e. The van der Waals surface area contributed by atoms with Gasteiger partial charge in [0.15, 0.2) is 0 Å². The van der Waals surface area contributed by atoms with Gasteiger partial charge < -0.3 is 13.9 Å². The fourth-order valence-electron chi connectivity index (χ4n) is 3.25. The highest BCUT2D eigenvalue weighted by atomic mass is 35.5. The lowest BCUT2D eigenvalue weighted by molar-refractivity contribution is 0.215. The molecule has 4 nitrogen and oxygen atoms in total. The molecule has 1 heterocycles. The zero-order chi connectivity index (χ0) is 18.1. The third kappa shape index (κ3) is 3.02. The minimum Gasteiger partial charge on any atom is -0.329 e. The molecule has 0 saturated carbocycles. The normalized spacial score (nSPS) is 22.9. The van der Waals surface area contributed by atoms with E-state index in [0.29, 0.717) is 0 Å². The van der Waals surface area contributed by atoms with Gasteiger partial charge in [-0.05, 0) is 44.0 Å². The monoisotopic (exact) mass is 379 g/mol. The van der Waals surface area contributed by atoms with Crippen molar-refractivity contribution < 1.29 is 13.6 Å². The molecular formula is C19H23ClNO3P. The molecule has 2 aromatic rings. The van der Waals surface area contributed by atoms with E-state index in [4.69, 9.17) is 20.6 Å². The summed E-state index contributed by atoms with van der Waals surface area (Å²) >= 11 is 6.99. The molecule has 0 N–H and O–H groups in total. The first-order chi connectivity index (χ1) is 12.0. The van der Waals surface area contributed by atoms with Crippen LogP contribution in [0.2, 0.25) is 0 Å². The molecule has 25 heavy (non-hydrogen) atoms. The van der Waals surface area contributed by atoms with Crippen LogP contribution in [0.25, 0.3) is 0 Å². The van der Waals surface area contributed by atoms with Crippen LogP contribution >= 0.6 is 19.2 Å². The van der Waals surface area contributed by atoms with Crippen LogP contribution in [0.4, 0.5) is 5.69 Å². The van der Waals surface area contributed by atoms with Crippen molar-refractivity contribution in [2.45, 2.75) is 31.6 Å². The van der Waals surface area contributed by atoms with E-state index in [2.05, 4.69) is 0 Å². The molecule has 2 unspecified atom stereocenters. The van der Waals surface area contributed by atoms with Crippen LogP contribution in [0.15, 0.2) is 54.6 Å². The lowest BCUT2D eigenvalue weighted by Gasteiger charge is -2.22. The first kappa shape index (κ1) is 18.5. The van der Waals surface area contributed by atoms with E-state index >= 15 is 0 Å². The summed E-state index contributed by atoms with van der Waals surface area (Å²) in [5.74, 6) is 0. The number of para-hydroxylation sites is 1. The summed E-state index contributed by atoms with van der Waals surface area (Å²) in [6.07, 6.45) is 0. The molecule has 1 saturated heterocycles. The number of alkyl halides is 1. The summed E-state index contributed by atoms with van der Waals surface area (Å²) < 4.78 is 23.5. The summed E-state index contributed by atoms with van der Waals surface area (Å²) in [5, 5.41) is 0. The summed E-state index contributed by atoms with van der Waals surface area (Å²) in [6.45, 7) is 6.16. The Hall–Kier alpha value is -1.32. The number of anilines is 1. The summed E-state index contributed by atoms with van der Waals surface area (Å²) in [5.41, 5.74) is 3.02. The zero-order valence-corrected chi connectivity index (χ0v) is 16.3. The van der Waals surface area contributed by atoms with Gasteiger partial charge in [-0.2, -0.15) is 0 Å². The maximum absolute atomic E-state index is 13.6. The second-order valence-electron chi connectivity index (χ2n) is 5.93. The average Bonchev–Trinajstić information content (AvgIpc) is 3.24. The minimum atomic E-state index is -3.56. The van der Waals surface area contributed by atoms with E-state index in [1.54, 1.807) is 13.8 Å². The Morgan fingerprint density at radius 3 is 2.16 bits per heavy atom. The molecule has 1 fully saturated rings. The SMILES string of the molecule is CCOP(=O)(OCC)C1(Cl)C(c2ccccc2C)N1c1ccccc1. The Morgan fingerprint density at radius 2 is 1.60 bits per heavy atom. The Morgan fingerprint density at radius 1 is 1.04 bits per heavy atom. The molecule has 0 aromatic heterocycles. The van der Waals surface area contributed by atoms with E-state index in [1.807, 2.05) is 66.4 Å². The Kier molecular flexibility index (Phi) is 5.26. The number of rotatable bonds is 7. The fraction of sp³-hybridized carbons (Fsp3) is 0.368. The lowest BCUT2D eigenvalue weighted by Crippen LogP contribution is -2.16. The average molecular weight is 380 g/mol. The van der Waals surface area contributed by atoms with Crippen LogP contribution in [0, 0.1) is 6.92 Å². The molecule has 0 bridgehead atoms. The van der Waals surface area contributed by atoms with Crippen molar-refractivity contribution in [1.82, 2.24) is 0 Å². The molecule has 2 aromatic carbocycles. The second kappa shape index (κ2) is 7.13. The number of hydrogen-bond acceptors (Lipinski definition) is 4. The largest absolute Gasteiger partial charge is 0.373 e. The predicted molar refractivity (Wildman–Crippen MR) is 102 cm³/mol. The molecule has 0 amide bonds. The molecule has 0 radical (unpaired) electrons. The van der Waals surface area contributed by atoms with Gasteiger partial charge in [-0.15, -0.1) is 0 Å². The maximum atomic E-state index is 13.6. The number of nitrogens with zero attached hydrogens (tertiary/aromatic N) is 1. The topological polar surface area (TPSA) is 38.5 Å². The second-order valence-corrected chi connectivity index (χ2v) is 8.97. The van der Waals surface area contributed by atoms with Gasteiger partial charge in [0.05, 0.1) is 13.2 Å². The molecule has 1 aliphatic heterocycles. The number of aryl methyl sites for hydroxylation is 1. The fourth-order valence-corrected chi connectivity index (χ4v) is 6.01. The van der Waals surface area contributed by atoms with E-state index in [9.17, 15) is 4.57 Å². The minimum absolute atomic E-state index is 0.273. The van der Waals surface area contributed by atoms with Crippen LogP contribution in [0.1, 0.15) is 31.0 Å². The highest BCUT2D eigenvalue weighted by molar-refractivity contribution is 7.58. The first-order valence-corrected chi connectivity index (χ1v) is 10.4. The van der Waals surface area contributed by atoms with Crippen molar-refractivity contribution in [2.24, 2.45) is 0 Å². The molecule has 0 spiro atoms. The van der Waals surface area contributed by atoms with Crippen LogP contribution in [-0.4, -0.2) is 18.0 Å². The highest BCUT2D eigenvalue weighted by Crippen LogP contribution is 2.79. The quantitative estimate of drug-likeness (QED) is 0.267. The van der Waals surface area contributed by atoms with E-state index < -0.39 is 12.3 Å². The van der Waals surface area contributed by atoms with Gasteiger partial charge in [-0.25, -0.2) is 0 Å². The van der Waals surface area contributed by atoms with Gasteiger partial charge >= 0.3 is 7.60 Å². The molecule has 2 atom stereocenters. The van der Waals surface area contributed by atoms with Crippen LogP contribution in [0.5, 0.6) is 0 Å². The Balaban J connectivity index is 2.11. The van der Waals surface area contributed by atoms with Crippen molar-refractivity contribution >= 4 is 24.9 Å². The lowest BCUT2D eigenvalue weighted by atomic mass is 10.1. The molecule has 134 valence electrons. The number of hydrogen-bond donors (Lipinski definition) is 0. The van der Waals surface area contributed by atoms with Crippen LogP contribution in [-0.2, 0) is 13.6 Å². The van der Waals surface area contributed by atoms with Crippen molar-refractivity contribution in [3.8, 4) is 0 Å². The van der Waals surface area contributed by atoms with E-state index in [1.165, 1.54) is 0 Å². The third-order valence-electron chi connectivity index (χ3n) is 4.38. The van der Waals surface area contributed by atoms with Gasteiger partial charge in [0, 0.05) is 5.69 Å². The van der Waals surface area contributed by atoms with Gasteiger partial charge in [-0.1, -0.05) is 54.1 Å². The van der Waals surface area contributed by atoms with Gasteiger partial charge in [0.2, 0.25) is 4.74 Å². The zero-order valence-electron chi connectivity index (χ0n) is 14.7. The molecule has 1 aliphatic rings. The summed E-state index contributed by atoms with van der Waals surface area (Å²) in [4.78, 5) is 1.93. The van der Waals surface area contributed by atoms with Crippen LogP contribution < -0.4 is 4.90 Å². The van der Waals surface area contributed by atoms with Crippen molar-refractivity contribution in [3.63, 3.8) is 0 Å². The predicted octanol–water partition coefficient (Wildman–Crippen LogP) is 5.72. The standard InChI is InChI=1S/C19H23ClNO3P/c1-4-23-25(22,24-5-2)19(20)18(17-14-10-9-11-15(17)3)21(19)16-12-7-6-8-13-16/h6-14,18H,4-5H2,1-3H3. The molecule has 0 aliphatic carbocycles. The first-order valence-electron chi connectivity index (χ1n) is 8.47. The van der Waals surface area contributed by atoms with Crippen molar-refractivity contribution in [3.05, 3.63) is 65.7 Å². The molecule has 3 rings (SSSR count). The van der Waals surface area contributed by atoms with Gasteiger partial charge in [0.1, 0.15) is 6.04 Å². The summed E-state index contributed by atoms with van der Waals surface area (Å²) in [6, 6.07) is 17.4. The van der Waals surface area contributed by atoms with Gasteiger partial charge in [-0.3, -0.25) is 4.57 Å². The van der Waals surface area contributed by atoms with E-state index in [0.717, 1.165) is 16.8 Å².